The van der Waals surface area contributed by atoms with E-state index < -0.39 is 0 Å². The highest BCUT2D eigenvalue weighted by Gasteiger charge is 2.08. The minimum absolute atomic E-state index is 0.592. The zero-order valence-corrected chi connectivity index (χ0v) is 8.52. The number of hydrogen-bond donors (Lipinski definition) is 2. The molecule has 0 aliphatic heterocycles. The zero-order chi connectivity index (χ0) is 11.1. The summed E-state index contributed by atoms with van der Waals surface area (Å²) in [6.45, 7) is 0. The fourth-order valence-electron chi connectivity index (χ4n) is 1.67. The first-order chi connectivity index (χ1) is 7.81. The highest BCUT2D eigenvalue weighted by molar-refractivity contribution is 5.80. The van der Waals surface area contributed by atoms with E-state index in [1.165, 1.54) is 0 Å². The number of aromatic amines is 1. The number of nitrogens with zero attached hydrogens (tertiary/aromatic N) is 4. The van der Waals surface area contributed by atoms with Crippen LogP contribution in [0.1, 0.15) is 5.56 Å². The smallest absolute Gasteiger partial charge is 0.253 e. The van der Waals surface area contributed by atoms with Crippen molar-refractivity contribution >= 4 is 22.8 Å². The van der Waals surface area contributed by atoms with Gasteiger partial charge in [-0.3, -0.25) is 5.10 Å². The predicted molar refractivity (Wildman–Crippen MR) is 59.1 cm³/mol. The van der Waals surface area contributed by atoms with E-state index in [9.17, 15) is 0 Å². The van der Waals surface area contributed by atoms with Gasteiger partial charge in [-0.1, -0.05) is 0 Å². The van der Waals surface area contributed by atoms with Gasteiger partial charge in [0, 0.05) is 7.05 Å². The first-order valence-corrected chi connectivity index (χ1v) is 4.78. The molecular weight excluding hydrogens is 204 g/mol. The first-order valence-electron chi connectivity index (χ1n) is 4.78. The average molecular weight is 212 g/mol. The van der Waals surface area contributed by atoms with Crippen molar-refractivity contribution in [3.05, 3.63) is 23.8 Å². The number of nitriles is 1. The molecule has 6 heteroatoms. The van der Waals surface area contributed by atoms with E-state index in [-0.39, 0.29) is 0 Å². The molecule has 2 heterocycles. The lowest BCUT2D eigenvalue weighted by Gasteiger charge is -1.92. The van der Waals surface area contributed by atoms with Gasteiger partial charge in [-0.25, -0.2) is 9.50 Å². The maximum atomic E-state index is 8.79. The highest BCUT2D eigenvalue weighted by Crippen LogP contribution is 2.17. The standard InChI is InChI=1S/C10H8N6/c1-12-9-14-10-13-7-4-6(5-11)2-3-8(7)16(10)15-9/h2-4H,1H3,(H2,12,13,14,15). The second-order valence-corrected chi connectivity index (χ2v) is 3.38. The van der Waals surface area contributed by atoms with Crippen molar-refractivity contribution in [2.45, 2.75) is 0 Å². The minimum atomic E-state index is 0.592. The van der Waals surface area contributed by atoms with E-state index in [0.29, 0.717) is 17.3 Å². The summed E-state index contributed by atoms with van der Waals surface area (Å²) in [7, 11) is 1.79. The van der Waals surface area contributed by atoms with Crippen molar-refractivity contribution in [1.29, 1.82) is 5.26 Å². The minimum Gasteiger partial charge on any atom is -0.358 e. The van der Waals surface area contributed by atoms with Gasteiger partial charge < -0.3 is 5.32 Å². The van der Waals surface area contributed by atoms with Crippen LogP contribution in [0.3, 0.4) is 0 Å². The van der Waals surface area contributed by atoms with Crippen LogP contribution < -0.4 is 5.32 Å². The molecule has 0 fully saturated rings. The van der Waals surface area contributed by atoms with E-state index >= 15 is 0 Å². The van der Waals surface area contributed by atoms with Crippen molar-refractivity contribution in [1.82, 2.24) is 19.6 Å². The molecule has 0 saturated heterocycles. The Morgan fingerprint density at radius 3 is 3.06 bits per heavy atom. The van der Waals surface area contributed by atoms with Gasteiger partial charge in [0.05, 0.1) is 22.7 Å². The van der Waals surface area contributed by atoms with E-state index in [0.717, 1.165) is 11.0 Å². The molecule has 3 rings (SSSR count). The summed E-state index contributed by atoms with van der Waals surface area (Å²) in [6.07, 6.45) is 0. The lowest BCUT2D eigenvalue weighted by Crippen LogP contribution is -1.91. The van der Waals surface area contributed by atoms with Crippen molar-refractivity contribution in [2.75, 3.05) is 12.4 Å². The van der Waals surface area contributed by atoms with Crippen LogP contribution in [0.5, 0.6) is 0 Å². The van der Waals surface area contributed by atoms with Crippen molar-refractivity contribution in [3.63, 3.8) is 0 Å². The summed E-state index contributed by atoms with van der Waals surface area (Å²) in [5, 5.41) is 14.8. The Labute approximate surface area is 90.5 Å². The quantitative estimate of drug-likeness (QED) is 0.633. The zero-order valence-electron chi connectivity index (χ0n) is 8.52. The highest BCUT2D eigenvalue weighted by atomic mass is 15.4. The van der Waals surface area contributed by atoms with Gasteiger partial charge >= 0.3 is 0 Å². The molecule has 3 aromatic rings. The number of anilines is 1. The fraction of sp³-hybridized carbons (Fsp3) is 0.100. The second kappa shape index (κ2) is 2.97. The maximum absolute atomic E-state index is 8.79. The summed E-state index contributed by atoms with van der Waals surface area (Å²) < 4.78 is 1.78. The number of rotatable bonds is 1. The van der Waals surface area contributed by atoms with E-state index in [1.807, 2.05) is 6.07 Å². The van der Waals surface area contributed by atoms with Gasteiger partial charge in [-0.15, -0.1) is 0 Å². The average Bonchev–Trinajstić information content (AvgIpc) is 2.84. The topological polar surface area (TPSA) is 81.8 Å². The van der Waals surface area contributed by atoms with E-state index in [2.05, 4.69) is 26.5 Å². The van der Waals surface area contributed by atoms with Crippen molar-refractivity contribution < 1.29 is 0 Å². The largest absolute Gasteiger partial charge is 0.358 e. The molecule has 78 valence electrons. The van der Waals surface area contributed by atoms with Crippen molar-refractivity contribution in [2.24, 2.45) is 0 Å². The molecule has 0 aliphatic carbocycles. The van der Waals surface area contributed by atoms with Gasteiger partial charge in [0.1, 0.15) is 0 Å². The summed E-state index contributed by atoms with van der Waals surface area (Å²) in [5.74, 6) is 1.25. The number of imidazole rings is 1. The van der Waals surface area contributed by atoms with Crippen LogP contribution in [0, 0.1) is 11.3 Å². The molecule has 0 unspecified atom stereocenters. The normalized spacial score (nSPS) is 10.8. The SMILES string of the molecule is CNc1nc2nc3cc(C#N)ccc3n2[nH]1. The summed E-state index contributed by atoms with van der Waals surface area (Å²) >= 11 is 0. The molecule has 0 bridgehead atoms. The van der Waals surface area contributed by atoms with Gasteiger partial charge in [0.25, 0.3) is 5.78 Å². The molecule has 0 atom stereocenters. The van der Waals surface area contributed by atoms with Crippen LogP contribution in [-0.4, -0.2) is 26.6 Å². The molecule has 0 saturated carbocycles. The lowest BCUT2D eigenvalue weighted by molar-refractivity contribution is 1.01. The molecular formula is C10H8N6. The summed E-state index contributed by atoms with van der Waals surface area (Å²) in [4.78, 5) is 8.55. The summed E-state index contributed by atoms with van der Waals surface area (Å²) in [6, 6.07) is 7.45. The Morgan fingerprint density at radius 2 is 2.31 bits per heavy atom. The van der Waals surface area contributed by atoms with Crippen LogP contribution >= 0.6 is 0 Å². The molecule has 2 aromatic heterocycles. The van der Waals surface area contributed by atoms with Crippen LogP contribution in [-0.2, 0) is 0 Å². The molecule has 0 spiro atoms. The number of fused-ring (bicyclic) bond motifs is 3. The Bertz CT molecular complexity index is 714. The Hall–Kier alpha value is -2.55. The molecule has 0 aliphatic rings. The number of H-pyrrole nitrogens is 1. The third-order valence-electron chi connectivity index (χ3n) is 2.43. The summed E-state index contributed by atoms with van der Waals surface area (Å²) in [5.41, 5.74) is 2.27. The van der Waals surface area contributed by atoms with Gasteiger partial charge in [0.15, 0.2) is 0 Å². The maximum Gasteiger partial charge on any atom is 0.253 e. The number of aromatic nitrogens is 4. The monoisotopic (exact) mass is 212 g/mol. The molecule has 0 radical (unpaired) electrons. The molecule has 1 aromatic carbocycles. The number of hydrogen-bond acceptors (Lipinski definition) is 4. The lowest BCUT2D eigenvalue weighted by atomic mass is 10.2. The van der Waals surface area contributed by atoms with Gasteiger partial charge in [0.2, 0.25) is 5.95 Å². The molecule has 2 N–H and O–H groups in total. The Balaban J connectivity index is 2.36. The van der Waals surface area contributed by atoms with Crippen LogP contribution in [0.15, 0.2) is 18.2 Å². The van der Waals surface area contributed by atoms with E-state index in [1.54, 1.807) is 23.7 Å². The van der Waals surface area contributed by atoms with Crippen molar-refractivity contribution in [3.8, 4) is 6.07 Å². The van der Waals surface area contributed by atoms with Crippen LogP contribution in [0.2, 0.25) is 0 Å². The Kier molecular flexibility index (Phi) is 1.62. The van der Waals surface area contributed by atoms with E-state index in [4.69, 9.17) is 5.26 Å². The first kappa shape index (κ1) is 8.73. The molecule has 6 nitrogen and oxygen atoms in total. The second-order valence-electron chi connectivity index (χ2n) is 3.38. The Morgan fingerprint density at radius 1 is 1.44 bits per heavy atom. The molecule has 0 amide bonds. The van der Waals surface area contributed by atoms with Crippen LogP contribution in [0.4, 0.5) is 5.95 Å². The number of benzene rings is 1. The fourth-order valence-corrected chi connectivity index (χ4v) is 1.67. The van der Waals surface area contributed by atoms with Gasteiger partial charge in [-0.05, 0) is 18.2 Å². The number of nitrogens with one attached hydrogen (secondary N) is 2. The molecule has 16 heavy (non-hydrogen) atoms. The third kappa shape index (κ3) is 1.05. The predicted octanol–water partition coefficient (Wildman–Crippen LogP) is 1.12. The third-order valence-corrected chi connectivity index (χ3v) is 2.43. The van der Waals surface area contributed by atoms with Crippen LogP contribution in [0.25, 0.3) is 16.8 Å². The van der Waals surface area contributed by atoms with Gasteiger partial charge in [-0.2, -0.15) is 10.2 Å².